The van der Waals surface area contributed by atoms with E-state index in [-0.39, 0.29) is 57.6 Å². The van der Waals surface area contributed by atoms with Crippen molar-refractivity contribution in [2.75, 3.05) is 59.5 Å². The van der Waals surface area contributed by atoms with Crippen molar-refractivity contribution < 1.29 is 66.7 Å². The number of rotatable bonds is 21. The van der Waals surface area contributed by atoms with Crippen LogP contribution in [0.5, 0.6) is 0 Å². The Kier molecular flexibility index (Phi) is 17.5. The Morgan fingerprint density at radius 3 is 2.00 bits per heavy atom. The first kappa shape index (κ1) is 41.5. The smallest absolute Gasteiger partial charge is 0.388 e. The summed E-state index contributed by atoms with van der Waals surface area (Å²) < 4.78 is 61.1. The highest BCUT2D eigenvalue weighted by atomic mass is 31.2. The number of nitrogens with one attached hydrogen (secondary N) is 1. The minimum atomic E-state index is -4.37. The Bertz CT molecular complexity index is 935. The Morgan fingerprint density at radius 2 is 1.41 bits per heavy atom. The van der Waals surface area contributed by atoms with E-state index in [2.05, 4.69) is 5.32 Å². The van der Waals surface area contributed by atoms with E-state index in [0.717, 1.165) is 0 Å². The third-order valence-corrected chi connectivity index (χ3v) is 7.81. The van der Waals surface area contributed by atoms with E-state index in [1.54, 1.807) is 6.92 Å². The lowest BCUT2D eigenvalue weighted by Gasteiger charge is -2.29. The first-order valence-electron chi connectivity index (χ1n) is 15.8. The second-order valence-electron chi connectivity index (χ2n) is 13.2. The average Bonchev–Trinajstić information content (AvgIpc) is 3.36. The lowest BCUT2D eigenvalue weighted by Crippen LogP contribution is -2.48. The molecule has 0 aromatic rings. The first-order chi connectivity index (χ1) is 21.4. The van der Waals surface area contributed by atoms with E-state index < -0.39 is 62.1 Å². The maximum absolute atomic E-state index is 12.3. The molecule has 2 radical (unpaired) electrons. The SMILES string of the molecule is [B][C@@H]1O[C@H](COC(C)(C)C)C(O)[C@@H]1NC(=O)CCCOCCOCCOCCOP(=O)(O)OC[C@H]1O[C@@H](C)[C@@H](O)C1OC(C)(C)C. The van der Waals surface area contributed by atoms with Crippen LogP contribution in [0, 0.1) is 0 Å². The van der Waals surface area contributed by atoms with Crippen molar-refractivity contribution in [1.29, 1.82) is 0 Å². The van der Waals surface area contributed by atoms with E-state index in [1.807, 2.05) is 41.5 Å². The zero-order valence-corrected chi connectivity index (χ0v) is 29.1. The second-order valence-corrected chi connectivity index (χ2v) is 14.7. The van der Waals surface area contributed by atoms with Crippen LogP contribution in [0.25, 0.3) is 0 Å². The van der Waals surface area contributed by atoms with Crippen LogP contribution in [-0.2, 0) is 51.6 Å². The fourth-order valence-corrected chi connectivity index (χ4v) is 5.31. The third kappa shape index (κ3) is 16.1. The van der Waals surface area contributed by atoms with Crippen molar-refractivity contribution >= 4 is 21.6 Å². The molecule has 2 heterocycles. The predicted molar refractivity (Wildman–Crippen MR) is 166 cm³/mol. The van der Waals surface area contributed by atoms with Crippen LogP contribution in [-0.4, -0.2) is 148 Å². The lowest BCUT2D eigenvalue weighted by atomic mass is 9.90. The average molecular weight is 684 g/mol. The molecule has 0 aromatic carbocycles. The van der Waals surface area contributed by atoms with Crippen molar-refractivity contribution in [3.63, 3.8) is 0 Å². The van der Waals surface area contributed by atoms with E-state index in [0.29, 0.717) is 26.2 Å². The van der Waals surface area contributed by atoms with Crippen molar-refractivity contribution in [2.24, 2.45) is 0 Å². The second kappa shape index (κ2) is 19.5. The minimum Gasteiger partial charge on any atom is -0.388 e. The van der Waals surface area contributed by atoms with Gasteiger partial charge in [0.05, 0.1) is 76.2 Å². The van der Waals surface area contributed by atoms with E-state index in [9.17, 15) is 24.5 Å². The highest BCUT2D eigenvalue weighted by Crippen LogP contribution is 2.44. The topological polar surface area (TPSA) is 190 Å². The van der Waals surface area contributed by atoms with Gasteiger partial charge in [0.2, 0.25) is 5.91 Å². The van der Waals surface area contributed by atoms with Crippen LogP contribution in [0.15, 0.2) is 0 Å². The summed E-state index contributed by atoms with van der Waals surface area (Å²) in [6, 6.07) is -1.54. The van der Waals surface area contributed by atoms with E-state index in [1.165, 1.54) is 0 Å². The molecule has 1 amide bonds. The molecule has 2 fully saturated rings. The molecule has 0 saturated carbocycles. The number of hydrogen-bond donors (Lipinski definition) is 4. The molecular weight excluding hydrogens is 628 g/mol. The fourth-order valence-electron chi connectivity index (χ4n) is 4.59. The van der Waals surface area contributed by atoms with Gasteiger partial charge in [-0.2, -0.15) is 0 Å². The molecule has 15 nitrogen and oxygen atoms in total. The van der Waals surface area contributed by atoms with E-state index in [4.69, 9.17) is 50.1 Å². The summed E-state index contributed by atoms with van der Waals surface area (Å²) in [5.74, 6) is -0.262. The van der Waals surface area contributed by atoms with Crippen molar-refractivity contribution in [2.45, 2.75) is 121 Å². The normalized spacial score (nSPS) is 30.0. The molecule has 4 N–H and O–H groups in total. The van der Waals surface area contributed by atoms with Crippen molar-refractivity contribution in [3.8, 4) is 0 Å². The van der Waals surface area contributed by atoms with Gasteiger partial charge in [0.1, 0.15) is 38.4 Å². The summed E-state index contributed by atoms with van der Waals surface area (Å²) in [7, 11) is 1.57. The van der Waals surface area contributed by atoms with Gasteiger partial charge in [-0.05, 0) is 54.9 Å². The number of aliphatic hydroxyl groups excluding tert-OH is 2. The number of carbonyl (C=O) groups is 1. The molecule has 9 atom stereocenters. The maximum atomic E-state index is 12.3. The van der Waals surface area contributed by atoms with Crippen LogP contribution in [0.3, 0.4) is 0 Å². The van der Waals surface area contributed by atoms with Gasteiger partial charge in [-0.1, -0.05) is 0 Å². The van der Waals surface area contributed by atoms with Gasteiger partial charge in [0, 0.05) is 19.0 Å². The molecule has 2 saturated heterocycles. The van der Waals surface area contributed by atoms with Crippen molar-refractivity contribution in [3.05, 3.63) is 0 Å². The van der Waals surface area contributed by atoms with Gasteiger partial charge in [-0.3, -0.25) is 13.8 Å². The van der Waals surface area contributed by atoms with E-state index >= 15 is 0 Å². The number of amides is 1. The van der Waals surface area contributed by atoms with Gasteiger partial charge >= 0.3 is 7.82 Å². The zero-order valence-electron chi connectivity index (χ0n) is 28.3. The molecule has 2 rings (SSSR count). The summed E-state index contributed by atoms with van der Waals surface area (Å²) in [5, 5.41) is 23.5. The standard InChI is InChI=1S/C29H55BNO14P/c1-19-24(33)26(45-29(5,6)7)21(43-19)18-42-46(35,36)41-16-15-39-14-13-38-12-11-37-10-8-9-22(32)31-23-25(34)20(44-27(23)30)17-40-28(2,3)4/h19-21,23-27,33-34H,8-18H2,1-7H3,(H,31,32)(H,35,36)/t19-,20+,21+,23-,24+,25?,26?,27+/m0/s1. The van der Waals surface area contributed by atoms with Gasteiger partial charge in [-0.15, -0.1) is 0 Å². The number of phosphoric acid groups is 1. The van der Waals surface area contributed by atoms with Crippen LogP contribution in [0.4, 0.5) is 0 Å². The Morgan fingerprint density at radius 1 is 0.826 bits per heavy atom. The van der Waals surface area contributed by atoms with Gasteiger partial charge < -0.3 is 53.6 Å². The number of ether oxygens (including phenoxy) is 7. The van der Waals surface area contributed by atoms with Gasteiger partial charge in [0.15, 0.2) is 0 Å². The lowest BCUT2D eigenvalue weighted by molar-refractivity contribution is -0.123. The number of hydrogen-bond acceptors (Lipinski definition) is 13. The fraction of sp³-hybridized carbons (Fsp3) is 0.966. The predicted octanol–water partition coefficient (Wildman–Crippen LogP) is 0.836. The summed E-state index contributed by atoms with van der Waals surface area (Å²) in [6.07, 6.45) is -3.76. The molecule has 0 aromatic heterocycles. The van der Waals surface area contributed by atoms with Crippen molar-refractivity contribution in [1.82, 2.24) is 5.32 Å². The quantitative estimate of drug-likeness (QED) is 0.0757. The molecule has 0 bridgehead atoms. The molecular formula is C29H55BNO14P. The molecule has 0 spiro atoms. The molecule has 0 aliphatic carbocycles. The number of phosphoric ester groups is 1. The Balaban J connectivity index is 1.45. The van der Waals surface area contributed by atoms with Gasteiger partial charge in [0.25, 0.3) is 0 Å². The highest BCUT2D eigenvalue weighted by Gasteiger charge is 2.45. The van der Waals surface area contributed by atoms with Crippen LogP contribution in [0.1, 0.15) is 61.3 Å². The zero-order chi connectivity index (χ0) is 34.5. The molecule has 268 valence electrons. The monoisotopic (exact) mass is 683 g/mol. The highest BCUT2D eigenvalue weighted by molar-refractivity contribution is 7.47. The molecule has 3 unspecified atom stereocenters. The summed E-state index contributed by atoms with van der Waals surface area (Å²) in [5.41, 5.74) is -0.939. The third-order valence-electron chi connectivity index (χ3n) is 6.83. The van der Waals surface area contributed by atoms with Crippen LogP contribution < -0.4 is 5.32 Å². The largest absolute Gasteiger partial charge is 0.472 e. The molecule has 2 aliphatic rings. The minimum absolute atomic E-state index is 0.0432. The number of aliphatic hydroxyl groups is 2. The first-order valence-corrected chi connectivity index (χ1v) is 17.3. The molecule has 2 aliphatic heterocycles. The maximum Gasteiger partial charge on any atom is 0.472 e. The summed E-state index contributed by atoms with van der Waals surface area (Å²) in [4.78, 5) is 22.3. The van der Waals surface area contributed by atoms with Crippen LogP contribution in [0.2, 0.25) is 0 Å². The molecule has 46 heavy (non-hydrogen) atoms. The Hall–Kier alpha value is -0.715. The summed E-state index contributed by atoms with van der Waals surface area (Å²) in [6.45, 7) is 14.2. The van der Waals surface area contributed by atoms with Gasteiger partial charge in [-0.25, -0.2) is 4.57 Å². The summed E-state index contributed by atoms with van der Waals surface area (Å²) >= 11 is 0. The molecule has 17 heteroatoms. The van der Waals surface area contributed by atoms with Crippen LogP contribution >= 0.6 is 7.82 Å². The Labute approximate surface area is 274 Å². The number of carbonyl (C=O) groups excluding carboxylic acids is 1.